The van der Waals surface area contributed by atoms with E-state index in [0.717, 1.165) is 0 Å². The number of piperidine rings is 1. The molecule has 0 aromatic rings. The van der Waals surface area contributed by atoms with Gasteiger partial charge in [-0.2, -0.15) is 0 Å². The Bertz CT molecular complexity index is 172. The van der Waals surface area contributed by atoms with Gasteiger partial charge in [0.25, 0.3) is 6.43 Å². The molecule has 1 atom stereocenters. The third-order valence-corrected chi connectivity index (χ3v) is 2.20. The third-order valence-electron chi connectivity index (χ3n) is 2.20. The average molecular weight is 177 g/mol. The summed E-state index contributed by atoms with van der Waals surface area (Å²) in [6, 6.07) is -0.0137. The quantitative estimate of drug-likeness (QED) is 0.633. The van der Waals surface area contributed by atoms with Crippen molar-refractivity contribution in [3.05, 3.63) is 0 Å². The predicted molar refractivity (Wildman–Crippen MR) is 41.3 cm³/mol. The Morgan fingerprint density at radius 1 is 1.67 bits per heavy atom. The lowest BCUT2D eigenvalue weighted by Crippen LogP contribution is -2.43. The number of halogens is 2. The van der Waals surface area contributed by atoms with Crippen LogP contribution in [0, 0.1) is 0 Å². The van der Waals surface area contributed by atoms with E-state index < -0.39 is 6.43 Å². The number of hydrogen-bond acceptors (Lipinski definition) is 2. The monoisotopic (exact) mass is 177 g/mol. The van der Waals surface area contributed by atoms with Crippen LogP contribution in [0.2, 0.25) is 0 Å². The number of nitrogens with zero attached hydrogens (tertiary/aromatic N) is 1. The molecule has 2 nitrogen and oxygen atoms in total. The molecule has 70 valence electrons. The molecule has 0 radical (unpaired) electrons. The molecule has 1 rings (SSSR count). The fraction of sp³-hybridized carbons (Fsp3) is 0.875. The normalized spacial score (nSPS) is 26.7. The molecule has 12 heavy (non-hydrogen) atoms. The summed E-state index contributed by atoms with van der Waals surface area (Å²) < 4.78 is 23.9. The van der Waals surface area contributed by atoms with Crippen LogP contribution in [0.25, 0.3) is 0 Å². The first-order chi connectivity index (χ1) is 5.59. The van der Waals surface area contributed by atoms with Crippen LogP contribution in [0.4, 0.5) is 8.78 Å². The highest BCUT2D eigenvalue weighted by Gasteiger charge is 2.25. The predicted octanol–water partition coefficient (Wildman–Crippen LogP) is 1.30. The summed E-state index contributed by atoms with van der Waals surface area (Å²) in [4.78, 5) is 12.6. The number of carbonyl (C=O) groups excluding carboxylic acids is 1. The van der Waals surface area contributed by atoms with E-state index in [2.05, 4.69) is 0 Å². The summed E-state index contributed by atoms with van der Waals surface area (Å²) in [7, 11) is 0. The Labute approximate surface area is 70.5 Å². The Morgan fingerprint density at radius 3 is 2.83 bits per heavy atom. The van der Waals surface area contributed by atoms with Gasteiger partial charge in [0.05, 0.1) is 6.54 Å². The zero-order valence-corrected chi connectivity index (χ0v) is 7.09. The highest BCUT2D eigenvalue weighted by atomic mass is 19.3. The Morgan fingerprint density at radius 2 is 2.33 bits per heavy atom. The highest BCUT2D eigenvalue weighted by Crippen LogP contribution is 2.14. The number of Topliss-reactive ketones (excluding diaryl/α,β-unsaturated/α-hetero) is 1. The third kappa shape index (κ3) is 2.52. The van der Waals surface area contributed by atoms with E-state index in [1.54, 1.807) is 4.90 Å². The first-order valence-electron chi connectivity index (χ1n) is 4.13. The van der Waals surface area contributed by atoms with Crippen LogP contribution in [-0.2, 0) is 4.79 Å². The zero-order valence-electron chi connectivity index (χ0n) is 7.09. The molecular formula is C8H13F2NO. The minimum absolute atomic E-state index is 0.0137. The minimum atomic E-state index is -2.29. The molecule has 0 bridgehead atoms. The van der Waals surface area contributed by atoms with Crippen molar-refractivity contribution in [2.75, 3.05) is 13.1 Å². The maximum absolute atomic E-state index is 12.0. The van der Waals surface area contributed by atoms with E-state index in [1.165, 1.54) is 0 Å². The van der Waals surface area contributed by atoms with Crippen molar-refractivity contribution < 1.29 is 13.6 Å². The van der Waals surface area contributed by atoms with E-state index in [9.17, 15) is 13.6 Å². The van der Waals surface area contributed by atoms with Crippen molar-refractivity contribution in [3.63, 3.8) is 0 Å². The van der Waals surface area contributed by atoms with Gasteiger partial charge >= 0.3 is 0 Å². The second kappa shape index (κ2) is 3.94. The molecule has 0 saturated carbocycles. The Kier molecular flexibility index (Phi) is 3.14. The van der Waals surface area contributed by atoms with Crippen LogP contribution < -0.4 is 0 Å². The first kappa shape index (κ1) is 9.58. The molecule has 1 saturated heterocycles. The van der Waals surface area contributed by atoms with Crippen molar-refractivity contribution in [1.29, 1.82) is 0 Å². The number of carbonyl (C=O) groups is 1. The molecule has 0 aromatic heterocycles. The molecule has 4 heteroatoms. The SMILES string of the molecule is CC1CC(=O)CCN1CC(F)F. The van der Waals surface area contributed by atoms with Gasteiger partial charge in [-0.1, -0.05) is 0 Å². The van der Waals surface area contributed by atoms with Crippen molar-refractivity contribution in [2.24, 2.45) is 0 Å². The maximum Gasteiger partial charge on any atom is 0.251 e. The zero-order chi connectivity index (χ0) is 9.14. The Hall–Kier alpha value is -0.510. The van der Waals surface area contributed by atoms with Gasteiger partial charge < -0.3 is 0 Å². The van der Waals surface area contributed by atoms with Gasteiger partial charge in [-0.25, -0.2) is 8.78 Å². The van der Waals surface area contributed by atoms with Gasteiger partial charge in [0.2, 0.25) is 0 Å². The number of alkyl halides is 2. The summed E-state index contributed by atoms with van der Waals surface area (Å²) in [6.07, 6.45) is -1.44. The molecule has 1 heterocycles. The van der Waals surface area contributed by atoms with Gasteiger partial charge in [-0.05, 0) is 6.92 Å². The maximum atomic E-state index is 12.0. The van der Waals surface area contributed by atoms with Crippen LogP contribution in [0.5, 0.6) is 0 Å². The van der Waals surface area contributed by atoms with Gasteiger partial charge in [0.15, 0.2) is 0 Å². The van der Waals surface area contributed by atoms with Crippen LogP contribution in [0.1, 0.15) is 19.8 Å². The molecule has 0 aromatic carbocycles. The molecular weight excluding hydrogens is 164 g/mol. The van der Waals surface area contributed by atoms with Gasteiger partial charge in [-0.15, -0.1) is 0 Å². The van der Waals surface area contributed by atoms with E-state index in [-0.39, 0.29) is 18.4 Å². The molecule has 1 unspecified atom stereocenters. The molecule has 0 N–H and O–H groups in total. The largest absolute Gasteiger partial charge is 0.300 e. The molecule has 0 amide bonds. The molecule has 1 aliphatic rings. The summed E-state index contributed by atoms with van der Waals surface area (Å²) >= 11 is 0. The molecule has 1 aliphatic heterocycles. The summed E-state index contributed by atoms with van der Waals surface area (Å²) in [5.74, 6) is 0.188. The van der Waals surface area contributed by atoms with Crippen molar-refractivity contribution >= 4 is 5.78 Å². The standard InChI is InChI=1S/C8H13F2NO/c1-6-4-7(12)2-3-11(6)5-8(9)10/h6,8H,2-5H2,1H3. The summed E-state index contributed by atoms with van der Waals surface area (Å²) in [5, 5.41) is 0. The fourth-order valence-corrected chi connectivity index (χ4v) is 1.50. The number of likely N-dealkylation sites (tertiary alicyclic amines) is 1. The van der Waals surface area contributed by atoms with Gasteiger partial charge in [0, 0.05) is 25.4 Å². The van der Waals surface area contributed by atoms with Crippen molar-refractivity contribution in [3.8, 4) is 0 Å². The lowest BCUT2D eigenvalue weighted by molar-refractivity contribution is -0.123. The second-order valence-corrected chi connectivity index (χ2v) is 3.23. The Balaban J connectivity index is 2.39. The van der Waals surface area contributed by atoms with Crippen LogP contribution >= 0.6 is 0 Å². The first-order valence-corrected chi connectivity index (χ1v) is 4.13. The molecule has 0 aliphatic carbocycles. The van der Waals surface area contributed by atoms with E-state index in [1.807, 2.05) is 6.92 Å². The molecule has 1 fully saturated rings. The number of ketones is 1. The van der Waals surface area contributed by atoms with E-state index in [0.29, 0.717) is 19.4 Å². The van der Waals surface area contributed by atoms with E-state index in [4.69, 9.17) is 0 Å². The van der Waals surface area contributed by atoms with Crippen molar-refractivity contribution in [2.45, 2.75) is 32.2 Å². The highest BCUT2D eigenvalue weighted by molar-refractivity contribution is 5.79. The lowest BCUT2D eigenvalue weighted by Gasteiger charge is -2.31. The number of rotatable bonds is 2. The molecule has 0 spiro atoms. The fourth-order valence-electron chi connectivity index (χ4n) is 1.50. The summed E-state index contributed by atoms with van der Waals surface area (Å²) in [5.41, 5.74) is 0. The lowest BCUT2D eigenvalue weighted by atomic mass is 10.0. The topological polar surface area (TPSA) is 20.3 Å². The number of hydrogen-bond donors (Lipinski definition) is 0. The van der Waals surface area contributed by atoms with Crippen LogP contribution in [0.3, 0.4) is 0 Å². The van der Waals surface area contributed by atoms with E-state index >= 15 is 0 Å². The smallest absolute Gasteiger partial charge is 0.251 e. The van der Waals surface area contributed by atoms with Gasteiger partial charge in [0.1, 0.15) is 5.78 Å². The second-order valence-electron chi connectivity index (χ2n) is 3.23. The van der Waals surface area contributed by atoms with Crippen LogP contribution in [-0.4, -0.2) is 36.2 Å². The van der Waals surface area contributed by atoms with Gasteiger partial charge in [-0.3, -0.25) is 9.69 Å². The minimum Gasteiger partial charge on any atom is -0.300 e. The van der Waals surface area contributed by atoms with Crippen molar-refractivity contribution in [1.82, 2.24) is 4.90 Å². The summed E-state index contributed by atoms with van der Waals surface area (Å²) in [6.45, 7) is 2.11. The van der Waals surface area contributed by atoms with Crippen LogP contribution in [0.15, 0.2) is 0 Å². The average Bonchev–Trinajstić information content (AvgIpc) is 1.94.